The van der Waals surface area contributed by atoms with E-state index in [4.69, 9.17) is 0 Å². The van der Waals surface area contributed by atoms with E-state index < -0.39 is 0 Å². The van der Waals surface area contributed by atoms with Crippen molar-refractivity contribution in [2.24, 2.45) is 0 Å². The highest BCUT2D eigenvalue weighted by Crippen LogP contribution is 2.11. The first-order valence-corrected chi connectivity index (χ1v) is 6.24. The molecule has 102 valence electrons. The lowest BCUT2D eigenvalue weighted by Crippen LogP contribution is -2.39. The lowest BCUT2D eigenvalue weighted by molar-refractivity contribution is -0.127. The minimum atomic E-state index is -0.0945. The van der Waals surface area contributed by atoms with Crippen molar-refractivity contribution < 1.29 is 9.59 Å². The number of likely N-dealkylation sites (N-methyl/N-ethyl adjacent to an activating group) is 2. The summed E-state index contributed by atoms with van der Waals surface area (Å²) in [5, 5.41) is 0. The van der Waals surface area contributed by atoms with Crippen LogP contribution in [0, 0.1) is 0 Å². The van der Waals surface area contributed by atoms with E-state index in [1.54, 1.807) is 23.9 Å². The van der Waals surface area contributed by atoms with Gasteiger partial charge in [0.1, 0.15) is 0 Å². The maximum Gasteiger partial charge on any atom is 0.245 e. The Bertz CT molecular complexity index is 313. The van der Waals surface area contributed by atoms with Crippen LogP contribution in [0.5, 0.6) is 0 Å². The van der Waals surface area contributed by atoms with Gasteiger partial charge in [-0.25, -0.2) is 0 Å². The van der Waals surface area contributed by atoms with E-state index in [-0.39, 0.29) is 17.9 Å². The van der Waals surface area contributed by atoms with Crippen LogP contribution >= 0.6 is 0 Å². The fourth-order valence-corrected chi connectivity index (χ4v) is 1.80. The van der Waals surface area contributed by atoms with Crippen molar-refractivity contribution in [2.45, 2.75) is 32.2 Å². The molecule has 0 aromatic carbocycles. The average Bonchev–Trinajstić information content (AvgIpc) is 2.40. The Kier molecular flexibility index (Phi) is 7.76. The normalized spacial score (nSPS) is 11.5. The van der Waals surface area contributed by atoms with Gasteiger partial charge in [0.2, 0.25) is 11.8 Å². The van der Waals surface area contributed by atoms with Gasteiger partial charge in [-0.3, -0.25) is 9.59 Å². The smallest absolute Gasteiger partial charge is 0.245 e. The molecule has 0 spiro atoms. The second-order valence-electron chi connectivity index (χ2n) is 4.35. The molecule has 0 aliphatic heterocycles. The van der Waals surface area contributed by atoms with Crippen LogP contribution in [0.1, 0.15) is 26.2 Å². The van der Waals surface area contributed by atoms with Crippen molar-refractivity contribution in [3.63, 3.8) is 0 Å². The largest absolute Gasteiger partial charge is 0.342 e. The Hall–Kier alpha value is -1.58. The highest BCUT2D eigenvalue weighted by molar-refractivity contribution is 5.87. The molecule has 0 aliphatic rings. The topological polar surface area (TPSA) is 40.6 Å². The summed E-state index contributed by atoms with van der Waals surface area (Å²) in [6.45, 7) is 9.64. The fraction of sp³-hybridized carbons (Fsp3) is 0.571. The predicted molar refractivity (Wildman–Crippen MR) is 74.1 cm³/mol. The van der Waals surface area contributed by atoms with Crippen LogP contribution < -0.4 is 0 Å². The molecule has 0 aliphatic carbocycles. The SMILES string of the molecule is C=CC(=O)N(C)CCC(CCC)N(C)C(=O)C=C. The summed E-state index contributed by atoms with van der Waals surface area (Å²) in [7, 11) is 3.52. The van der Waals surface area contributed by atoms with Crippen LogP contribution in [0.15, 0.2) is 25.3 Å². The summed E-state index contributed by atoms with van der Waals surface area (Å²) < 4.78 is 0. The van der Waals surface area contributed by atoms with E-state index in [1.807, 2.05) is 0 Å². The third kappa shape index (κ3) is 5.17. The highest BCUT2D eigenvalue weighted by Gasteiger charge is 2.18. The first kappa shape index (κ1) is 16.4. The van der Waals surface area contributed by atoms with Crippen molar-refractivity contribution in [2.75, 3.05) is 20.6 Å². The molecule has 1 atom stereocenters. The Labute approximate surface area is 110 Å². The maximum atomic E-state index is 11.6. The van der Waals surface area contributed by atoms with Gasteiger partial charge in [0.25, 0.3) is 0 Å². The van der Waals surface area contributed by atoms with Crippen LogP contribution in [0.3, 0.4) is 0 Å². The van der Waals surface area contributed by atoms with E-state index in [0.717, 1.165) is 19.3 Å². The molecule has 0 radical (unpaired) electrons. The zero-order valence-electron chi connectivity index (χ0n) is 11.7. The number of hydrogen-bond donors (Lipinski definition) is 0. The van der Waals surface area contributed by atoms with Crippen molar-refractivity contribution >= 4 is 11.8 Å². The molecule has 0 bridgehead atoms. The summed E-state index contributed by atoms with van der Waals surface area (Å²) in [6.07, 6.45) is 5.31. The Balaban J connectivity index is 4.44. The molecule has 0 saturated carbocycles. The van der Waals surface area contributed by atoms with Gasteiger partial charge in [-0.15, -0.1) is 0 Å². The van der Waals surface area contributed by atoms with Crippen molar-refractivity contribution in [1.82, 2.24) is 9.80 Å². The minimum absolute atomic E-state index is 0.0776. The zero-order valence-corrected chi connectivity index (χ0v) is 11.7. The summed E-state index contributed by atoms with van der Waals surface area (Å²) in [5.74, 6) is -0.172. The minimum Gasteiger partial charge on any atom is -0.342 e. The number of carbonyl (C=O) groups is 2. The predicted octanol–water partition coefficient (Wildman–Crippen LogP) is 1.83. The van der Waals surface area contributed by atoms with E-state index >= 15 is 0 Å². The summed E-state index contributed by atoms with van der Waals surface area (Å²) in [6, 6.07) is 0.139. The van der Waals surface area contributed by atoms with Gasteiger partial charge in [-0.05, 0) is 25.0 Å². The van der Waals surface area contributed by atoms with Gasteiger partial charge in [0, 0.05) is 26.7 Å². The van der Waals surface area contributed by atoms with Crippen LogP contribution in [0.25, 0.3) is 0 Å². The fourth-order valence-electron chi connectivity index (χ4n) is 1.80. The molecule has 0 heterocycles. The highest BCUT2D eigenvalue weighted by atomic mass is 16.2. The maximum absolute atomic E-state index is 11.6. The number of amides is 2. The number of hydrogen-bond acceptors (Lipinski definition) is 2. The van der Waals surface area contributed by atoms with Crippen molar-refractivity contribution in [3.05, 3.63) is 25.3 Å². The summed E-state index contributed by atoms with van der Waals surface area (Å²) in [4.78, 5) is 26.2. The molecular weight excluding hydrogens is 228 g/mol. The van der Waals surface area contributed by atoms with E-state index in [0.29, 0.717) is 6.54 Å². The summed E-state index contributed by atoms with van der Waals surface area (Å²) in [5.41, 5.74) is 0. The zero-order chi connectivity index (χ0) is 14.1. The number of carbonyl (C=O) groups excluding carboxylic acids is 2. The molecule has 0 rings (SSSR count). The third-order valence-electron chi connectivity index (χ3n) is 3.04. The Morgan fingerprint density at radius 3 is 2.11 bits per heavy atom. The monoisotopic (exact) mass is 252 g/mol. The second-order valence-corrected chi connectivity index (χ2v) is 4.35. The Morgan fingerprint density at radius 2 is 1.67 bits per heavy atom. The molecule has 0 saturated heterocycles. The molecule has 4 nitrogen and oxygen atoms in total. The quantitative estimate of drug-likeness (QED) is 0.618. The lowest BCUT2D eigenvalue weighted by Gasteiger charge is -2.28. The van der Waals surface area contributed by atoms with Crippen LogP contribution in [0.2, 0.25) is 0 Å². The van der Waals surface area contributed by atoms with E-state index in [2.05, 4.69) is 20.1 Å². The Morgan fingerprint density at radius 1 is 1.11 bits per heavy atom. The number of rotatable bonds is 8. The summed E-state index contributed by atoms with van der Waals surface area (Å²) >= 11 is 0. The molecule has 2 amide bonds. The standard InChI is InChI=1S/C14H24N2O2/c1-6-9-12(16(5)14(18)8-3)10-11-15(4)13(17)7-2/h7-8,12H,2-3,6,9-11H2,1,4-5H3. The molecule has 0 aromatic rings. The first-order valence-electron chi connectivity index (χ1n) is 6.24. The molecule has 0 aromatic heterocycles. The molecule has 0 fully saturated rings. The van der Waals surface area contributed by atoms with Crippen LogP contribution in [-0.2, 0) is 9.59 Å². The van der Waals surface area contributed by atoms with E-state index in [1.165, 1.54) is 12.2 Å². The lowest BCUT2D eigenvalue weighted by atomic mass is 10.1. The first-order chi connectivity index (χ1) is 8.47. The van der Waals surface area contributed by atoms with Gasteiger partial charge in [0.05, 0.1) is 0 Å². The third-order valence-corrected chi connectivity index (χ3v) is 3.04. The molecule has 1 unspecified atom stereocenters. The van der Waals surface area contributed by atoms with Crippen LogP contribution in [-0.4, -0.2) is 48.3 Å². The number of nitrogens with zero attached hydrogens (tertiary/aromatic N) is 2. The average molecular weight is 252 g/mol. The second kappa shape index (κ2) is 8.50. The molecule has 0 N–H and O–H groups in total. The van der Waals surface area contributed by atoms with E-state index in [9.17, 15) is 9.59 Å². The molecule has 18 heavy (non-hydrogen) atoms. The van der Waals surface area contributed by atoms with Crippen molar-refractivity contribution in [1.29, 1.82) is 0 Å². The van der Waals surface area contributed by atoms with Crippen LogP contribution in [0.4, 0.5) is 0 Å². The molecular formula is C14H24N2O2. The van der Waals surface area contributed by atoms with Crippen molar-refractivity contribution in [3.8, 4) is 0 Å². The van der Waals surface area contributed by atoms with Gasteiger partial charge in [-0.1, -0.05) is 26.5 Å². The van der Waals surface area contributed by atoms with Gasteiger partial charge >= 0.3 is 0 Å². The van der Waals surface area contributed by atoms with Gasteiger partial charge in [-0.2, -0.15) is 0 Å². The van der Waals surface area contributed by atoms with Gasteiger partial charge in [0.15, 0.2) is 0 Å². The van der Waals surface area contributed by atoms with Gasteiger partial charge < -0.3 is 9.80 Å². The molecule has 4 heteroatoms.